The molecule has 3 aromatic rings. The van der Waals surface area contributed by atoms with Gasteiger partial charge in [0, 0.05) is 17.9 Å². The number of aromatic amines is 1. The first-order valence-corrected chi connectivity index (χ1v) is 9.38. The summed E-state index contributed by atoms with van der Waals surface area (Å²) in [5.74, 6) is 0.889. The van der Waals surface area contributed by atoms with Crippen LogP contribution in [-0.4, -0.2) is 35.9 Å². The van der Waals surface area contributed by atoms with Crippen molar-refractivity contribution < 1.29 is 19.4 Å². The highest BCUT2D eigenvalue weighted by atomic mass is 16.5. The van der Waals surface area contributed by atoms with Gasteiger partial charge >= 0.3 is 0 Å². The first-order chi connectivity index (χ1) is 14.0. The van der Waals surface area contributed by atoms with Gasteiger partial charge in [-0.15, -0.1) is 0 Å². The van der Waals surface area contributed by atoms with E-state index in [4.69, 9.17) is 20.2 Å². The number of carbonyl (C=O) groups is 1. The van der Waals surface area contributed by atoms with E-state index in [0.29, 0.717) is 36.3 Å². The average molecular weight is 395 g/mol. The normalized spacial score (nSPS) is 11.6. The highest BCUT2D eigenvalue weighted by Gasteiger charge is 2.18. The second-order valence-corrected chi connectivity index (χ2v) is 6.65. The van der Waals surface area contributed by atoms with E-state index in [1.54, 1.807) is 20.3 Å². The average Bonchev–Trinajstić information content (AvgIpc) is 3.04. The molecule has 1 heterocycles. The van der Waals surface area contributed by atoms with Gasteiger partial charge < -0.3 is 25.3 Å². The number of aryl methyl sites for hydroxylation is 1. The zero-order chi connectivity index (χ0) is 21.0. The molecule has 29 heavy (non-hydrogen) atoms. The van der Waals surface area contributed by atoms with Crippen molar-refractivity contribution in [1.29, 1.82) is 0 Å². The molecule has 0 saturated heterocycles. The summed E-state index contributed by atoms with van der Waals surface area (Å²) in [7, 11) is 3.14. The Kier molecular flexibility index (Phi) is 6.07. The Morgan fingerprint density at radius 1 is 1.14 bits per heavy atom. The molecule has 0 saturated carbocycles. The molecule has 0 aliphatic rings. The summed E-state index contributed by atoms with van der Waals surface area (Å²) in [4.78, 5) is 18.7. The van der Waals surface area contributed by atoms with Crippen LogP contribution in [0.2, 0.25) is 0 Å². The van der Waals surface area contributed by atoms with Gasteiger partial charge in [0.15, 0.2) is 17.4 Å². The Balaban J connectivity index is 2.00. The number of ether oxygens (including phenoxy) is 2. The molecule has 0 aliphatic carbocycles. The van der Waals surface area contributed by atoms with E-state index in [1.165, 1.54) is 0 Å². The summed E-state index contributed by atoms with van der Waals surface area (Å²) < 4.78 is 10.7. The number of hydrogen-bond acceptors (Lipinski definition) is 5. The summed E-state index contributed by atoms with van der Waals surface area (Å²) in [6.45, 7) is 1.99. The topological polar surface area (TPSA) is 110 Å². The molecule has 7 heteroatoms. The number of methoxy groups -OCH3 is 2. The van der Waals surface area contributed by atoms with Crippen LogP contribution >= 0.6 is 0 Å². The highest BCUT2D eigenvalue weighted by molar-refractivity contribution is 6.14. The molecule has 0 bridgehead atoms. The maximum atomic E-state index is 10.9. The Hall–Kier alpha value is -3.48. The molecule has 1 amide bonds. The highest BCUT2D eigenvalue weighted by Crippen LogP contribution is 2.37. The van der Waals surface area contributed by atoms with Gasteiger partial charge in [0.25, 0.3) is 0 Å². The number of hydrogen-bond donors (Lipinski definition) is 3. The second kappa shape index (κ2) is 8.68. The second-order valence-electron chi connectivity index (χ2n) is 6.65. The largest absolute Gasteiger partial charge is 0.494 e. The minimum Gasteiger partial charge on any atom is -0.494 e. The number of aromatic hydroxyl groups is 1. The number of rotatable bonds is 8. The minimum atomic E-state index is -0.317. The number of fused-ring (bicyclic) bond motifs is 1. The Morgan fingerprint density at radius 3 is 2.38 bits per heavy atom. The summed E-state index contributed by atoms with van der Waals surface area (Å²) in [5.41, 5.74) is 9.10. The lowest BCUT2D eigenvalue weighted by Crippen LogP contribution is -2.11. The van der Waals surface area contributed by atoms with Gasteiger partial charge in [-0.05, 0) is 36.6 Å². The van der Waals surface area contributed by atoms with E-state index < -0.39 is 0 Å². The molecule has 0 unspecified atom stereocenters. The lowest BCUT2D eigenvalue weighted by molar-refractivity contribution is -0.117. The number of carbonyl (C=O) groups excluding carboxylic acids is 1. The van der Waals surface area contributed by atoms with E-state index in [9.17, 15) is 9.90 Å². The maximum Gasteiger partial charge on any atom is 0.217 e. The van der Waals surface area contributed by atoms with Crippen LogP contribution in [0, 0.1) is 0 Å². The molecule has 7 nitrogen and oxygen atoms in total. The molecule has 152 valence electrons. The number of nitrogens with zero attached hydrogens (tertiary/aromatic N) is 1. The van der Waals surface area contributed by atoms with E-state index in [0.717, 1.165) is 27.9 Å². The van der Waals surface area contributed by atoms with Crippen LogP contribution in [0.5, 0.6) is 17.4 Å². The van der Waals surface area contributed by atoms with Crippen LogP contribution in [0.3, 0.4) is 0 Å². The monoisotopic (exact) mass is 395 g/mol. The Morgan fingerprint density at radius 2 is 1.79 bits per heavy atom. The zero-order valence-corrected chi connectivity index (χ0v) is 16.8. The lowest BCUT2D eigenvalue weighted by atomic mass is 10.0. The molecule has 0 spiro atoms. The molecule has 0 aliphatic heterocycles. The molecular weight excluding hydrogens is 370 g/mol. The van der Waals surface area contributed by atoms with Gasteiger partial charge in [0.05, 0.1) is 36.7 Å². The van der Waals surface area contributed by atoms with Gasteiger partial charge in [-0.2, -0.15) is 0 Å². The van der Waals surface area contributed by atoms with Gasteiger partial charge in [-0.1, -0.05) is 19.1 Å². The fourth-order valence-corrected chi connectivity index (χ4v) is 3.27. The van der Waals surface area contributed by atoms with Crippen molar-refractivity contribution in [3.63, 3.8) is 0 Å². The lowest BCUT2D eigenvalue weighted by Gasteiger charge is -2.09. The summed E-state index contributed by atoms with van der Waals surface area (Å²) >= 11 is 0. The number of aliphatic imine (C=N–C) groups is 1. The van der Waals surface area contributed by atoms with Crippen LogP contribution in [0.15, 0.2) is 41.4 Å². The van der Waals surface area contributed by atoms with Crippen molar-refractivity contribution in [3.05, 3.63) is 47.5 Å². The zero-order valence-electron chi connectivity index (χ0n) is 16.8. The Labute approximate surface area is 169 Å². The molecule has 1 aromatic heterocycles. The van der Waals surface area contributed by atoms with Crippen LogP contribution in [0.1, 0.15) is 30.9 Å². The van der Waals surface area contributed by atoms with Crippen LogP contribution in [0.4, 0.5) is 5.69 Å². The van der Waals surface area contributed by atoms with Gasteiger partial charge in [0.2, 0.25) is 5.91 Å². The molecule has 4 N–H and O–H groups in total. The smallest absolute Gasteiger partial charge is 0.217 e. The van der Waals surface area contributed by atoms with Crippen molar-refractivity contribution in [2.45, 2.75) is 26.2 Å². The molecule has 0 fully saturated rings. The third-order valence-electron chi connectivity index (χ3n) is 4.77. The van der Waals surface area contributed by atoms with Gasteiger partial charge in [0.1, 0.15) is 0 Å². The quantitative estimate of drug-likeness (QED) is 0.503. The first-order valence-electron chi connectivity index (χ1n) is 9.38. The molecule has 0 atom stereocenters. The fraction of sp³-hybridized carbons (Fsp3) is 0.273. The van der Waals surface area contributed by atoms with Crippen molar-refractivity contribution in [2.75, 3.05) is 14.2 Å². The van der Waals surface area contributed by atoms with Gasteiger partial charge in [-0.3, -0.25) is 9.79 Å². The number of nitrogens with two attached hydrogens (primary N) is 1. The van der Waals surface area contributed by atoms with Gasteiger partial charge in [-0.25, -0.2) is 0 Å². The van der Waals surface area contributed by atoms with Crippen LogP contribution in [0.25, 0.3) is 10.9 Å². The van der Waals surface area contributed by atoms with E-state index >= 15 is 0 Å². The number of aromatic nitrogens is 1. The molecular formula is C22H25N3O4. The van der Waals surface area contributed by atoms with E-state index in [2.05, 4.69) is 4.98 Å². The van der Waals surface area contributed by atoms with Crippen LogP contribution in [-0.2, 0) is 11.2 Å². The SMILES string of the molecule is CCC(=Nc1ccc(CCC(N)=O)cc1)c1c(O)[nH]c2cc(OC)c(OC)cc12. The molecule has 2 aromatic carbocycles. The number of H-pyrrole nitrogens is 1. The minimum absolute atomic E-state index is 0.0500. The molecule has 0 radical (unpaired) electrons. The summed E-state index contributed by atoms with van der Waals surface area (Å²) in [6.07, 6.45) is 1.54. The number of benzene rings is 2. The third kappa shape index (κ3) is 4.34. The maximum absolute atomic E-state index is 10.9. The number of primary amides is 1. The molecule has 3 rings (SSSR count). The number of nitrogens with one attached hydrogen (secondary N) is 1. The van der Waals surface area contributed by atoms with Crippen LogP contribution < -0.4 is 15.2 Å². The van der Waals surface area contributed by atoms with Crippen molar-refractivity contribution >= 4 is 28.2 Å². The first kappa shape index (κ1) is 20.3. The predicted molar refractivity (Wildman–Crippen MR) is 114 cm³/mol. The predicted octanol–water partition coefficient (Wildman–Crippen LogP) is 3.84. The fourth-order valence-electron chi connectivity index (χ4n) is 3.27. The van der Waals surface area contributed by atoms with Crippen molar-refractivity contribution in [2.24, 2.45) is 10.7 Å². The summed E-state index contributed by atoms with van der Waals surface area (Å²) in [6, 6.07) is 11.3. The van der Waals surface area contributed by atoms with E-state index in [1.807, 2.05) is 37.3 Å². The summed E-state index contributed by atoms with van der Waals surface area (Å²) in [5, 5.41) is 11.3. The van der Waals surface area contributed by atoms with Crippen molar-refractivity contribution in [3.8, 4) is 17.4 Å². The van der Waals surface area contributed by atoms with E-state index in [-0.39, 0.29) is 11.8 Å². The Bertz CT molecular complexity index is 1050. The number of amides is 1. The standard InChI is InChI=1S/C22H25N3O4/c1-4-16(24-14-8-5-13(6-9-14)7-10-20(23)26)21-15-11-18(28-2)19(29-3)12-17(15)25-22(21)27/h5-6,8-9,11-12,25,27H,4,7,10H2,1-3H3,(H2,23,26). The van der Waals surface area contributed by atoms with Crippen molar-refractivity contribution in [1.82, 2.24) is 4.98 Å². The third-order valence-corrected chi connectivity index (χ3v) is 4.77.